The Balaban J connectivity index is 2.21. The average molecular weight is 336 g/mol. The lowest BCUT2D eigenvalue weighted by molar-refractivity contribution is 0.0785. The summed E-state index contributed by atoms with van der Waals surface area (Å²) in [6, 6.07) is 5.88. The minimum atomic E-state index is 0.0656. The second kappa shape index (κ2) is 4.29. The van der Waals surface area contributed by atoms with E-state index in [0.717, 1.165) is 16.4 Å². The summed E-state index contributed by atoms with van der Waals surface area (Å²) in [5.41, 5.74) is 0.676. The van der Waals surface area contributed by atoms with E-state index in [1.54, 1.807) is 11.0 Å². The van der Waals surface area contributed by atoms with Gasteiger partial charge in [0.1, 0.15) is 0 Å². The van der Waals surface area contributed by atoms with Crippen molar-refractivity contribution in [3.63, 3.8) is 0 Å². The molecule has 1 aromatic carbocycles. The number of carbonyl (C=O) groups excluding carboxylic acids is 1. The quantitative estimate of drug-likeness (QED) is 0.760. The van der Waals surface area contributed by atoms with E-state index in [9.17, 15) is 4.79 Å². The SMILES string of the molecule is CN(C(=O)c1ccc(I)c(Cl)c1)C1CC1. The first kappa shape index (κ1) is 11.2. The van der Waals surface area contributed by atoms with Gasteiger partial charge in [-0.1, -0.05) is 11.6 Å². The molecule has 0 atom stereocenters. The van der Waals surface area contributed by atoms with Gasteiger partial charge >= 0.3 is 0 Å². The van der Waals surface area contributed by atoms with Crippen LogP contribution in [0.5, 0.6) is 0 Å². The van der Waals surface area contributed by atoms with E-state index in [1.165, 1.54) is 0 Å². The van der Waals surface area contributed by atoms with Crippen molar-refractivity contribution >= 4 is 40.1 Å². The molecule has 0 aliphatic heterocycles. The molecule has 15 heavy (non-hydrogen) atoms. The molecule has 0 heterocycles. The predicted octanol–water partition coefficient (Wildman–Crippen LogP) is 3.18. The number of rotatable bonds is 2. The molecule has 1 aliphatic carbocycles. The third-order valence-electron chi connectivity index (χ3n) is 2.58. The molecule has 4 heteroatoms. The molecule has 2 rings (SSSR count). The minimum absolute atomic E-state index is 0.0656. The molecular formula is C11H11ClINO. The van der Waals surface area contributed by atoms with Crippen LogP contribution < -0.4 is 0 Å². The monoisotopic (exact) mass is 335 g/mol. The van der Waals surface area contributed by atoms with Crippen molar-refractivity contribution in [3.05, 3.63) is 32.4 Å². The lowest BCUT2D eigenvalue weighted by Crippen LogP contribution is -2.28. The van der Waals surface area contributed by atoms with Gasteiger partial charge < -0.3 is 4.90 Å². The first-order chi connectivity index (χ1) is 7.09. The molecular weight excluding hydrogens is 324 g/mol. The number of hydrogen-bond donors (Lipinski definition) is 0. The van der Waals surface area contributed by atoms with E-state index in [4.69, 9.17) is 11.6 Å². The summed E-state index contributed by atoms with van der Waals surface area (Å²) < 4.78 is 0.972. The Hall–Kier alpha value is -0.290. The average Bonchev–Trinajstić information content (AvgIpc) is 3.03. The fourth-order valence-corrected chi connectivity index (χ4v) is 1.98. The van der Waals surface area contributed by atoms with Crippen LogP contribution in [-0.4, -0.2) is 23.9 Å². The molecule has 0 unspecified atom stereocenters. The summed E-state index contributed by atoms with van der Waals surface area (Å²) in [6.45, 7) is 0. The van der Waals surface area contributed by atoms with Crippen LogP contribution in [0, 0.1) is 3.57 Å². The van der Waals surface area contributed by atoms with Crippen LogP contribution in [0.25, 0.3) is 0 Å². The maximum atomic E-state index is 12.0. The van der Waals surface area contributed by atoms with E-state index >= 15 is 0 Å². The third-order valence-corrected chi connectivity index (χ3v) is 4.15. The van der Waals surface area contributed by atoms with Gasteiger partial charge in [0.25, 0.3) is 5.91 Å². The van der Waals surface area contributed by atoms with Gasteiger partial charge in [0.2, 0.25) is 0 Å². The Kier molecular flexibility index (Phi) is 3.21. The zero-order chi connectivity index (χ0) is 11.0. The molecule has 0 bridgehead atoms. The maximum Gasteiger partial charge on any atom is 0.253 e. The fraction of sp³-hybridized carbons (Fsp3) is 0.364. The molecule has 1 fully saturated rings. The van der Waals surface area contributed by atoms with E-state index in [0.29, 0.717) is 16.6 Å². The first-order valence-electron chi connectivity index (χ1n) is 4.82. The van der Waals surface area contributed by atoms with Crippen LogP contribution >= 0.6 is 34.2 Å². The largest absolute Gasteiger partial charge is 0.339 e. The minimum Gasteiger partial charge on any atom is -0.339 e. The smallest absolute Gasteiger partial charge is 0.253 e. The van der Waals surface area contributed by atoms with Crippen LogP contribution in [0.1, 0.15) is 23.2 Å². The predicted molar refractivity (Wildman–Crippen MR) is 69.3 cm³/mol. The van der Waals surface area contributed by atoms with Crippen molar-refractivity contribution in [3.8, 4) is 0 Å². The Morgan fingerprint density at radius 1 is 1.53 bits per heavy atom. The molecule has 0 spiro atoms. The van der Waals surface area contributed by atoms with Crippen LogP contribution in [0.2, 0.25) is 5.02 Å². The molecule has 80 valence electrons. The van der Waals surface area contributed by atoms with Gasteiger partial charge in [0.15, 0.2) is 0 Å². The number of benzene rings is 1. The van der Waals surface area contributed by atoms with Gasteiger partial charge in [-0.2, -0.15) is 0 Å². The van der Waals surface area contributed by atoms with Crippen LogP contribution in [0.4, 0.5) is 0 Å². The van der Waals surface area contributed by atoms with Gasteiger partial charge in [0.05, 0.1) is 5.02 Å². The first-order valence-corrected chi connectivity index (χ1v) is 6.27. The lowest BCUT2D eigenvalue weighted by Gasteiger charge is -2.16. The van der Waals surface area contributed by atoms with Crippen LogP contribution in [-0.2, 0) is 0 Å². The molecule has 1 saturated carbocycles. The van der Waals surface area contributed by atoms with Crippen molar-refractivity contribution in [1.82, 2.24) is 4.90 Å². The highest BCUT2D eigenvalue weighted by molar-refractivity contribution is 14.1. The summed E-state index contributed by atoms with van der Waals surface area (Å²) >= 11 is 8.13. The third kappa shape index (κ3) is 2.45. The van der Waals surface area contributed by atoms with Crippen molar-refractivity contribution in [2.45, 2.75) is 18.9 Å². The van der Waals surface area contributed by atoms with Gasteiger partial charge in [-0.05, 0) is 53.6 Å². The Labute approximate surface area is 108 Å². The number of nitrogens with zero attached hydrogens (tertiary/aromatic N) is 1. The standard InChI is InChI=1S/C11H11ClINO/c1-14(8-3-4-8)11(15)7-2-5-10(13)9(12)6-7/h2,5-6,8H,3-4H2,1H3. The second-order valence-corrected chi connectivity index (χ2v) is 5.35. The molecule has 1 aromatic rings. The summed E-state index contributed by atoms with van der Waals surface area (Å²) in [5.74, 6) is 0.0656. The highest BCUT2D eigenvalue weighted by atomic mass is 127. The van der Waals surface area contributed by atoms with Gasteiger partial charge in [-0.3, -0.25) is 4.79 Å². The van der Waals surface area contributed by atoms with Crippen molar-refractivity contribution < 1.29 is 4.79 Å². The molecule has 1 aliphatic rings. The highest BCUT2D eigenvalue weighted by Gasteiger charge is 2.30. The molecule has 0 aromatic heterocycles. The Morgan fingerprint density at radius 3 is 2.73 bits per heavy atom. The van der Waals surface area contributed by atoms with Gasteiger partial charge in [-0.25, -0.2) is 0 Å². The maximum absolute atomic E-state index is 12.0. The Bertz CT molecular complexity index is 404. The van der Waals surface area contributed by atoms with Gasteiger partial charge in [-0.15, -0.1) is 0 Å². The number of carbonyl (C=O) groups is 1. The topological polar surface area (TPSA) is 20.3 Å². The van der Waals surface area contributed by atoms with E-state index in [-0.39, 0.29) is 5.91 Å². The summed E-state index contributed by atoms with van der Waals surface area (Å²) in [5, 5.41) is 0.644. The summed E-state index contributed by atoms with van der Waals surface area (Å²) in [7, 11) is 1.85. The summed E-state index contributed by atoms with van der Waals surface area (Å²) in [4.78, 5) is 13.8. The second-order valence-electron chi connectivity index (χ2n) is 3.78. The number of halogens is 2. The normalized spacial score (nSPS) is 15.1. The number of hydrogen-bond acceptors (Lipinski definition) is 1. The van der Waals surface area contributed by atoms with Gasteiger partial charge in [0, 0.05) is 22.2 Å². The van der Waals surface area contributed by atoms with E-state index < -0.39 is 0 Å². The zero-order valence-electron chi connectivity index (χ0n) is 8.34. The number of amides is 1. The molecule has 2 nitrogen and oxygen atoms in total. The van der Waals surface area contributed by atoms with Crippen molar-refractivity contribution in [2.24, 2.45) is 0 Å². The van der Waals surface area contributed by atoms with E-state index in [1.807, 2.05) is 19.2 Å². The fourth-order valence-electron chi connectivity index (χ4n) is 1.46. The van der Waals surface area contributed by atoms with Crippen LogP contribution in [0.15, 0.2) is 18.2 Å². The van der Waals surface area contributed by atoms with Crippen molar-refractivity contribution in [2.75, 3.05) is 7.05 Å². The lowest BCUT2D eigenvalue weighted by atomic mass is 10.2. The van der Waals surface area contributed by atoms with Crippen molar-refractivity contribution in [1.29, 1.82) is 0 Å². The molecule has 0 saturated heterocycles. The molecule has 0 radical (unpaired) electrons. The highest BCUT2D eigenvalue weighted by Crippen LogP contribution is 2.27. The zero-order valence-corrected chi connectivity index (χ0v) is 11.2. The van der Waals surface area contributed by atoms with E-state index in [2.05, 4.69) is 22.6 Å². The molecule has 1 amide bonds. The molecule has 0 N–H and O–H groups in total. The summed E-state index contributed by atoms with van der Waals surface area (Å²) in [6.07, 6.45) is 2.25. The van der Waals surface area contributed by atoms with Crippen LogP contribution in [0.3, 0.4) is 0 Å². The Morgan fingerprint density at radius 2 is 2.20 bits per heavy atom.